The Morgan fingerprint density at radius 1 is 1.33 bits per heavy atom. The van der Waals surface area contributed by atoms with Crippen molar-refractivity contribution >= 4 is 33.9 Å². The number of fused-ring (bicyclic) bond motifs is 3. The quantitative estimate of drug-likeness (QED) is 0.778. The van der Waals surface area contributed by atoms with Gasteiger partial charge in [0.15, 0.2) is 11.4 Å². The van der Waals surface area contributed by atoms with Crippen LogP contribution in [0.15, 0.2) is 35.0 Å². The molecular weight excluding hydrogens is 270 g/mol. The maximum absolute atomic E-state index is 11.4. The van der Waals surface area contributed by atoms with Crippen molar-refractivity contribution in [1.82, 2.24) is 9.97 Å². The van der Waals surface area contributed by atoms with Gasteiger partial charge < -0.3 is 14.4 Å². The molecule has 1 aromatic carbocycles. The molecule has 6 nitrogen and oxygen atoms in total. The molecule has 0 aliphatic carbocycles. The highest BCUT2D eigenvalue weighted by Gasteiger charge is 2.33. The second kappa shape index (κ2) is 4.44. The van der Waals surface area contributed by atoms with Crippen LogP contribution in [-0.4, -0.2) is 33.6 Å². The van der Waals surface area contributed by atoms with Crippen molar-refractivity contribution in [2.24, 2.45) is 0 Å². The zero-order chi connectivity index (χ0) is 14.4. The molecule has 1 aliphatic heterocycles. The van der Waals surface area contributed by atoms with Gasteiger partial charge in [-0.05, 0) is 25.0 Å². The summed E-state index contributed by atoms with van der Waals surface area (Å²) in [6.07, 6.45) is 2.93. The summed E-state index contributed by atoms with van der Waals surface area (Å²) in [5.74, 6) is -0.253. The van der Waals surface area contributed by atoms with E-state index in [1.165, 1.54) is 6.33 Å². The first-order valence-corrected chi connectivity index (χ1v) is 6.87. The summed E-state index contributed by atoms with van der Waals surface area (Å²) in [7, 11) is 0. The topological polar surface area (TPSA) is 79.5 Å². The molecule has 0 spiro atoms. The number of rotatable bonds is 2. The molecule has 106 valence electrons. The number of benzene rings is 1. The van der Waals surface area contributed by atoms with Crippen LogP contribution in [0.2, 0.25) is 0 Å². The Labute approximate surface area is 120 Å². The number of hydrogen-bond donors (Lipinski definition) is 1. The molecule has 1 aliphatic rings. The molecular formula is C15H13N3O3. The van der Waals surface area contributed by atoms with Crippen molar-refractivity contribution < 1.29 is 14.3 Å². The summed E-state index contributed by atoms with van der Waals surface area (Å²) in [5.41, 5.74) is 2.03. The first kappa shape index (κ1) is 12.1. The van der Waals surface area contributed by atoms with Crippen LogP contribution in [-0.2, 0) is 4.79 Å². The Morgan fingerprint density at radius 3 is 3.05 bits per heavy atom. The SMILES string of the molecule is O=C(O)[C@H]1CCCN1c1ncnc2c1oc1ccccc12. The highest BCUT2D eigenvalue weighted by atomic mass is 16.4. The Bertz CT molecular complexity index is 842. The predicted molar refractivity (Wildman–Crippen MR) is 77.3 cm³/mol. The Morgan fingerprint density at radius 2 is 2.19 bits per heavy atom. The van der Waals surface area contributed by atoms with Crippen LogP contribution in [0.4, 0.5) is 5.82 Å². The number of carboxylic acid groups (broad SMARTS) is 1. The zero-order valence-corrected chi connectivity index (χ0v) is 11.2. The van der Waals surface area contributed by atoms with E-state index in [-0.39, 0.29) is 0 Å². The lowest BCUT2D eigenvalue weighted by Crippen LogP contribution is -2.36. The van der Waals surface area contributed by atoms with E-state index in [0.717, 1.165) is 22.9 Å². The molecule has 21 heavy (non-hydrogen) atoms. The number of hydrogen-bond acceptors (Lipinski definition) is 5. The zero-order valence-electron chi connectivity index (χ0n) is 11.2. The molecule has 0 radical (unpaired) electrons. The summed E-state index contributed by atoms with van der Waals surface area (Å²) in [6, 6.07) is 7.09. The summed E-state index contributed by atoms with van der Waals surface area (Å²) in [5, 5.41) is 10.3. The molecule has 0 saturated carbocycles. The van der Waals surface area contributed by atoms with Crippen molar-refractivity contribution in [2.75, 3.05) is 11.4 Å². The second-order valence-electron chi connectivity index (χ2n) is 5.16. The number of carboxylic acids is 1. The van der Waals surface area contributed by atoms with E-state index >= 15 is 0 Å². The van der Waals surface area contributed by atoms with Gasteiger partial charge in [-0.2, -0.15) is 0 Å². The van der Waals surface area contributed by atoms with Gasteiger partial charge in [-0.15, -0.1) is 0 Å². The van der Waals surface area contributed by atoms with Gasteiger partial charge >= 0.3 is 5.97 Å². The van der Waals surface area contributed by atoms with Gasteiger partial charge in [-0.3, -0.25) is 0 Å². The molecule has 1 N–H and O–H groups in total. The van der Waals surface area contributed by atoms with Crippen molar-refractivity contribution in [3.8, 4) is 0 Å². The molecule has 0 bridgehead atoms. The van der Waals surface area contributed by atoms with Crippen molar-refractivity contribution in [2.45, 2.75) is 18.9 Å². The number of para-hydroxylation sites is 1. The lowest BCUT2D eigenvalue weighted by Gasteiger charge is -2.21. The minimum Gasteiger partial charge on any atom is -0.480 e. The molecule has 1 fully saturated rings. The van der Waals surface area contributed by atoms with E-state index in [1.54, 1.807) is 4.90 Å². The Hall–Kier alpha value is -2.63. The maximum Gasteiger partial charge on any atom is 0.326 e. The average Bonchev–Trinajstić information content (AvgIpc) is 3.11. The van der Waals surface area contributed by atoms with E-state index in [2.05, 4.69) is 9.97 Å². The van der Waals surface area contributed by atoms with Crippen LogP contribution >= 0.6 is 0 Å². The smallest absolute Gasteiger partial charge is 0.326 e. The van der Waals surface area contributed by atoms with E-state index in [0.29, 0.717) is 24.4 Å². The highest BCUT2D eigenvalue weighted by Crippen LogP contribution is 2.34. The van der Waals surface area contributed by atoms with Gasteiger partial charge in [-0.25, -0.2) is 14.8 Å². The fourth-order valence-electron chi connectivity index (χ4n) is 2.99. The number of nitrogens with zero attached hydrogens (tertiary/aromatic N) is 3. The fraction of sp³-hybridized carbons (Fsp3) is 0.267. The number of aliphatic carboxylic acids is 1. The standard InChI is InChI=1S/C15H13N3O3/c19-15(20)10-5-3-7-18(10)14-13-12(16-8-17-14)9-4-1-2-6-11(9)21-13/h1-2,4,6,8,10H,3,5,7H2,(H,19,20)/t10-/m1/s1. The van der Waals surface area contributed by atoms with E-state index in [1.807, 2.05) is 24.3 Å². The first-order chi connectivity index (χ1) is 10.3. The van der Waals surface area contributed by atoms with Gasteiger partial charge in [-0.1, -0.05) is 12.1 Å². The van der Waals surface area contributed by atoms with Crippen LogP contribution in [0.3, 0.4) is 0 Å². The third-order valence-electron chi connectivity index (χ3n) is 3.95. The largest absolute Gasteiger partial charge is 0.480 e. The van der Waals surface area contributed by atoms with Crippen molar-refractivity contribution in [1.29, 1.82) is 0 Å². The third kappa shape index (κ3) is 1.75. The van der Waals surface area contributed by atoms with Gasteiger partial charge in [0.1, 0.15) is 23.5 Å². The monoisotopic (exact) mass is 283 g/mol. The first-order valence-electron chi connectivity index (χ1n) is 6.87. The summed E-state index contributed by atoms with van der Waals surface area (Å²) in [4.78, 5) is 21.7. The molecule has 0 unspecified atom stereocenters. The number of aromatic nitrogens is 2. The number of anilines is 1. The van der Waals surface area contributed by atoms with Gasteiger partial charge in [0.05, 0.1) is 0 Å². The molecule has 2 aromatic heterocycles. The minimum absolute atomic E-state index is 0.545. The second-order valence-corrected chi connectivity index (χ2v) is 5.16. The fourth-order valence-corrected chi connectivity index (χ4v) is 2.99. The lowest BCUT2D eigenvalue weighted by atomic mass is 10.2. The van der Waals surface area contributed by atoms with Crippen LogP contribution in [0.5, 0.6) is 0 Å². The number of carbonyl (C=O) groups is 1. The normalized spacial score (nSPS) is 18.7. The van der Waals surface area contributed by atoms with E-state index in [9.17, 15) is 9.90 Å². The third-order valence-corrected chi connectivity index (χ3v) is 3.95. The van der Waals surface area contributed by atoms with E-state index < -0.39 is 12.0 Å². The average molecular weight is 283 g/mol. The van der Waals surface area contributed by atoms with Gasteiger partial charge in [0, 0.05) is 11.9 Å². The highest BCUT2D eigenvalue weighted by molar-refractivity contribution is 6.05. The minimum atomic E-state index is -0.824. The Balaban J connectivity index is 1.95. The molecule has 4 rings (SSSR count). The van der Waals surface area contributed by atoms with Gasteiger partial charge in [0.25, 0.3) is 0 Å². The molecule has 0 amide bonds. The van der Waals surface area contributed by atoms with Crippen molar-refractivity contribution in [3.05, 3.63) is 30.6 Å². The van der Waals surface area contributed by atoms with Crippen LogP contribution in [0.1, 0.15) is 12.8 Å². The van der Waals surface area contributed by atoms with E-state index in [4.69, 9.17) is 4.42 Å². The molecule has 1 saturated heterocycles. The molecule has 3 aromatic rings. The summed E-state index contributed by atoms with van der Waals surface area (Å²) >= 11 is 0. The maximum atomic E-state index is 11.4. The summed E-state index contributed by atoms with van der Waals surface area (Å²) < 4.78 is 5.86. The van der Waals surface area contributed by atoms with Gasteiger partial charge in [0.2, 0.25) is 0 Å². The predicted octanol–water partition coefficient (Wildman–Crippen LogP) is 2.43. The van der Waals surface area contributed by atoms with Crippen LogP contribution in [0, 0.1) is 0 Å². The molecule has 6 heteroatoms. The van der Waals surface area contributed by atoms with Crippen LogP contribution in [0.25, 0.3) is 22.1 Å². The van der Waals surface area contributed by atoms with Crippen molar-refractivity contribution in [3.63, 3.8) is 0 Å². The molecule has 1 atom stereocenters. The van der Waals surface area contributed by atoms with Crippen LogP contribution < -0.4 is 4.90 Å². The summed E-state index contributed by atoms with van der Waals surface area (Å²) in [6.45, 7) is 0.667. The number of furan rings is 1. The Kier molecular flexibility index (Phi) is 2.57. The molecule has 3 heterocycles. The lowest BCUT2D eigenvalue weighted by molar-refractivity contribution is -0.138.